The highest BCUT2D eigenvalue weighted by Crippen LogP contribution is 2.23. The molecule has 0 saturated heterocycles. The average molecular weight is 311 g/mol. The molecule has 0 unspecified atom stereocenters. The fraction of sp³-hybridized carbons (Fsp3) is 0.0769. The Balaban J connectivity index is 2.06. The van der Waals surface area contributed by atoms with Crippen LogP contribution in [0.1, 0.15) is 15.2 Å². The Labute approximate surface area is 125 Å². The van der Waals surface area contributed by atoms with Crippen molar-refractivity contribution in [1.82, 2.24) is 0 Å². The lowest BCUT2D eigenvalue weighted by Crippen LogP contribution is -2.12. The topological polar surface area (TPSA) is 55.1 Å². The number of rotatable bonds is 4. The van der Waals surface area contributed by atoms with Gasteiger partial charge in [-0.1, -0.05) is 36.0 Å². The lowest BCUT2D eigenvalue weighted by Gasteiger charge is -2.05. The van der Waals surface area contributed by atoms with Gasteiger partial charge in [0.1, 0.15) is 4.88 Å². The predicted octanol–water partition coefficient (Wildman–Crippen LogP) is 3.48. The predicted molar refractivity (Wildman–Crippen MR) is 84.2 cm³/mol. The summed E-state index contributed by atoms with van der Waals surface area (Å²) in [5.41, 5.74) is 7.20. The standard InChI is InChI=1S/C13H11ClN2OS2/c14-10-5-6-19-12(10)13(17)16-9-3-1-8(2-4-9)7-11(15)18/h1-6H,7H2,(H2,15,18)(H,16,17). The number of thiocarbonyl (C=S) groups is 1. The second kappa shape index (κ2) is 6.14. The minimum Gasteiger partial charge on any atom is -0.393 e. The van der Waals surface area contributed by atoms with Gasteiger partial charge in [-0.15, -0.1) is 11.3 Å². The normalized spacial score (nSPS) is 10.2. The first kappa shape index (κ1) is 14.0. The molecule has 98 valence electrons. The van der Waals surface area contributed by atoms with Gasteiger partial charge in [0.25, 0.3) is 5.91 Å². The minimum atomic E-state index is -0.206. The van der Waals surface area contributed by atoms with E-state index in [0.717, 1.165) is 5.56 Å². The van der Waals surface area contributed by atoms with Crippen molar-refractivity contribution in [2.75, 3.05) is 5.32 Å². The Morgan fingerprint density at radius 1 is 1.32 bits per heavy atom. The fourth-order valence-electron chi connectivity index (χ4n) is 1.55. The molecule has 6 heteroatoms. The summed E-state index contributed by atoms with van der Waals surface area (Å²) in [6.07, 6.45) is 0.556. The molecule has 0 aliphatic rings. The van der Waals surface area contributed by atoms with E-state index in [4.69, 9.17) is 29.6 Å². The molecule has 1 heterocycles. The van der Waals surface area contributed by atoms with Crippen LogP contribution in [0, 0.1) is 0 Å². The maximum absolute atomic E-state index is 11.9. The van der Waals surface area contributed by atoms with Crippen LogP contribution < -0.4 is 11.1 Å². The molecule has 3 N–H and O–H groups in total. The number of nitrogens with two attached hydrogens (primary N) is 1. The van der Waals surface area contributed by atoms with E-state index in [1.54, 1.807) is 11.4 Å². The summed E-state index contributed by atoms with van der Waals surface area (Å²) >= 11 is 12.1. The number of thiophene rings is 1. The highest BCUT2D eigenvalue weighted by Gasteiger charge is 2.11. The number of hydrogen-bond donors (Lipinski definition) is 2. The van der Waals surface area contributed by atoms with Crippen LogP contribution in [0.3, 0.4) is 0 Å². The number of carbonyl (C=O) groups is 1. The van der Waals surface area contributed by atoms with E-state index in [-0.39, 0.29) is 5.91 Å². The van der Waals surface area contributed by atoms with Gasteiger partial charge in [0, 0.05) is 12.1 Å². The summed E-state index contributed by atoms with van der Waals surface area (Å²) < 4.78 is 0. The maximum Gasteiger partial charge on any atom is 0.267 e. The third-order valence-electron chi connectivity index (χ3n) is 2.41. The van der Waals surface area contributed by atoms with E-state index in [1.807, 2.05) is 24.3 Å². The largest absolute Gasteiger partial charge is 0.393 e. The minimum absolute atomic E-state index is 0.206. The summed E-state index contributed by atoms with van der Waals surface area (Å²) in [7, 11) is 0. The van der Waals surface area contributed by atoms with E-state index in [1.165, 1.54) is 11.3 Å². The Bertz CT molecular complexity index is 607. The van der Waals surface area contributed by atoms with Crippen LogP contribution in [0.4, 0.5) is 5.69 Å². The van der Waals surface area contributed by atoms with E-state index >= 15 is 0 Å². The van der Waals surface area contributed by atoms with Crippen molar-refractivity contribution in [3.63, 3.8) is 0 Å². The van der Waals surface area contributed by atoms with Gasteiger partial charge in [0.15, 0.2) is 0 Å². The quantitative estimate of drug-likeness (QED) is 0.850. The molecule has 0 radical (unpaired) electrons. The second-order valence-electron chi connectivity index (χ2n) is 3.89. The smallest absolute Gasteiger partial charge is 0.267 e. The van der Waals surface area contributed by atoms with Crippen LogP contribution >= 0.6 is 35.2 Å². The van der Waals surface area contributed by atoms with Crippen molar-refractivity contribution in [3.05, 3.63) is 51.2 Å². The third-order valence-corrected chi connectivity index (χ3v) is 3.90. The van der Waals surface area contributed by atoms with Gasteiger partial charge in [-0.05, 0) is 29.1 Å². The van der Waals surface area contributed by atoms with E-state index in [0.29, 0.717) is 27.0 Å². The van der Waals surface area contributed by atoms with Gasteiger partial charge in [-0.2, -0.15) is 0 Å². The van der Waals surface area contributed by atoms with Crippen LogP contribution in [-0.4, -0.2) is 10.9 Å². The zero-order valence-electron chi connectivity index (χ0n) is 9.85. The highest BCUT2D eigenvalue weighted by atomic mass is 35.5. The molecule has 0 fully saturated rings. The molecular formula is C13H11ClN2OS2. The highest BCUT2D eigenvalue weighted by molar-refractivity contribution is 7.80. The van der Waals surface area contributed by atoms with Crippen molar-refractivity contribution in [1.29, 1.82) is 0 Å². The summed E-state index contributed by atoms with van der Waals surface area (Å²) in [4.78, 5) is 12.9. The first-order valence-electron chi connectivity index (χ1n) is 5.48. The number of anilines is 1. The van der Waals surface area contributed by atoms with Crippen molar-refractivity contribution < 1.29 is 4.79 Å². The number of amides is 1. The zero-order valence-corrected chi connectivity index (χ0v) is 12.2. The van der Waals surface area contributed by atoms with Crippen molar-refractivity contribution in [2.24, 2.45) is 5.73 Å². The number of nitrogens with one attached hydrogen (secondary N) is 1. The molecule has 0 saturated carbocycles. The van der Waals surface area contributed by atoms with Gasteiger partial charge in [0.05, 0.1) is 10.0 Å². The molecule has 2 rings (SSSR count). The SMILES string of the molecule is NC(=S)Cc1ccc(NC(=O)c2sccc2Cl)cc1. The van der Waals surface area contributed by atoms with Crippen LogP contribution in [0.5, 0.6) is 0 Å². The molecule has 2 aromatic rings. The zero-order chi connectivity index (χ0) is 13.8. The van der Waals surface area contributed by atoms with E-state index < -0.39 is 0 Å². The third kappa shape index (κ3) is 3.76. The molecule has 3 nitrogen and oxygen atoms in total. The Kier molecular flexibility index (Phi) is 4.52. The van der Waals surface area contributed by atoms with Gasteiger partial charge in [-0.3, -0.25) is 4.79 Å². The molecule has 1 amide bonds. The number of hydrogen-bond acceptors (Lipinski definition) is 3. The van der Waals surface area contributed by atoms with Crippen LogP contribution in [0.2, 0.25) is 5.02 Å². The average Bonchev–Trinajstić information content (AvgIpc) is 2.77. The Morgan fingerprint density at radius 3 is 2.53 bits per heavy atom. The molecule has 0 atom stereocenters. The van der Waals surface area contributed by atoms with E-state index in [2.05, 4.69) is 5.32 Å². The molecule has 0 bridgehead atoms. The lowest BCUT2D eigenvalue weighted by atomic mass is 10.1. The van der Waals surface area contributed by atoms with E-state index in [9.17, 15) is 4.79 Å². The van der Waals surface area contributed by atoms with Gasteiger partial charge in [-0.25, -0.2) is 0 Å². The first-order valence-corrected chi connectivity index (χ1v) is 7.14. The molecule has 0 aliphatic heterocycles. The Hall–Kier alpha value is -1.43. The van der Waals surface area contributed by atoms with Gasteiger partial charge in [0.2, 0.25) is 0 Å². The molecule has 19 heavy (non-hydrogen) atoms. The van der Waals surface area contributed by atoms with Crippen LogP contribution in [0.25, 0.3) is 0 Å². The molecule has 0 spiro atoms. The molecule has 1 aromatic carbocycles. The van der Waals surface area contributed by atoms with Crippen molar-refractivity contribution in [2.45, 2.75) is 6.42 Å². The van der Waals surface area contributed by atoms with Gasteiger partial charge < -0.3 is 11.1 Å². The summed E-state index contributed by atoms with van der Waals surface area (Å²) in [6.45, 7) is 0. The lowest BCUT2D eigenvalue weighted by molar-refractivity contribution is 0.103. The maximum atomic E-state index is 11.9. The number of carbonyl (C=O) groups excluding carboxylic acids is 1. The molecule has 0 aliphatic carbocycles. The summed E-state index contributed by atoms with van der Waals surface area (Å²) in [5, 5.41) is 5.03. The van der Waals surface area contributed by atoms with Gasteiger partial charge >= 0.3 is 0 Å². The summed E-state index contributed by atoms with van der Waals surface area (Å²) in [6, 6.07) is 9.09. The second-order valence-corrected chi connectivity index (χ2v) is 5.74. The molecule has 1 aromatic heterocycles. The van der Waals surface area contributed by atoms with Crippen LogP contribution in [-0.2, 0) is 6.42 Å². The van der Waals surface area contributed by atoms with Crippen molar-refractivity contribution >= 4 is 51.7 Å². The molecular weight excluding hydrogens is 300 g/mol. The summed E-state index contributed by atoms with van der Waals surface area (Å²) in [5.74, 6) is -0.206. The van der Waals surface area contributed by atoms with Crippen molar-refractivity contribution in [3.8, 4) is 0 Å². The first-order chi connectivity index (χ1) is 9.06. The Morgan fingerprint density at radius 2 is 2.00 bits per heavy atom. The number of benzene rings is 1. The number of halogens is 1. The monoisotopic (exact) mass is 310 g/mol. The van der Waals surface area contributed by atoms with Crippen LogP contribution in [0.15, 0.2) is 35.7 Å². The fourth-order valence-corrected chi connectivity index (χ4v) is 2.75.